The minimum absolute atomic E-state index is 0.0535. The Bertz CT molecular complexity index is 419. The van der Waals surface area contributed by atoms with Crippen LogP contribution >= 0.6 is 0 Å². The highest BCUT2D eigenvalue weighted by Crippen LogP contribution is 2.09. The molecule has 0 atom stereocenters. The molecule has 0 amide bonds. The summed E-state index contributed by atoms with van der Waals surface area (Å²) in [5.74, 6) is 0. The Hall–Kier alpha value is -2.40. The van der Waals surface area contributed by atoms with Crippen molar-refractivity contribution in [2.24, 2.45) is 5.11 Å². The molecule has 0 N–H and O–H groups in total. The molecule has 0 aliphatic rings. The van der Waals surface area contributed by atoms with Gasteiger partial charge in [0.1, 0.15) is 6.20 Å². The van der Waals surface area contributed by atoms with E-state index in [4.69, 9.17) is 5.53 Å². The fourth-order valence-corrected chi connectivity index (χ4v) is 0.861. The van der Waals surface area contributed by atoms with Gasteiger partial charge in [0.2, 0.25) is 0 Å². The van der Waals surface area contributed by atoms with E-state index in [0.29, 0.717) is 5.69 Å². The summed E-state index contributed by atoms with van der Waals surface area (Å²) in [6.45, 7) is 0.231. The molecule has 0 bridgehead atoms. The highest BCUT2D eigenvalue weighted by Gasteiger charge is 2.02. The van der Waals surface area contributed by atoms with Gasteiger partial charge in [0.15, 0.2) is 0 Å². The summed E-state index contributed by atoms with van der Waals surface area (Å²) in [5, 5.41) is 13.6. The Morgan fingerprint density at radius 2 is 2.47 bits per heavy atom. The normalized spacial score (nSPS) is 9.87. The van der Waals surface area contributed by atoms with Crippen LogP contribution < -0.4 is 0 Å². The molecule has 0 saturated carbocycles. The second-order valence-corrected chi connectivity index (χ2v) is 2.51. The van der Waals surface area contributed by atoms with Crippen LogP contribution in [0.5, 0.6) is 0 Å². The standard InChI is InChI=1S/C8H7N5O2/c9-12-11-5-1-2-7-3-4-8(6-10-7)13(14)15/h1-4,6H,5H2. The monoisotopic (exact) mass is 205 g/mol. The predicted molar refractivity (Wildman–Crippen MR) is 53.9 cm³/mol. The third kappa shape index (κ3) is 3.45. The largest absolute Gasteiger partial charge is 0.287 e. The molecule has 1 aromatic rings. The highest BCUT2D eigenvalue weighted by atomic mass is 16.6. The minimum Gasteiger partial charge on any atom is -0.258 e. The van der Waals surface area contributed by atoms with E-state index >= 15 is 0 Å². The van der Waals surface area contributed by atoms with Gasteiger partial charge in [0.05, 0.1) is 10.6 Å². The van der Waals surface area contributed by atoms with Crippen LogP contribution in [-0.2, 0) is 0 Å². The van der Waals surface area contributed by atoms with Gasteiger partial charge < -0.3 is 0 Å². The van der Waals surface area contributed by atoms with Crippen molar-refractivity contribution in [3.05, 3.63) is 50.7 Å². The van der Waals surface area contributed by atoms with Crippen LogP contribution in [0.15, 0.2) is 29.5 Å². The average molecular weight is 205 g/mol. The number of nitro groups is 1. The van der Waals surface area contributed by atoms with E-state index in [2.05, 4.69) is 15.0 Å². The van der Waals surface area contributed by atoms with E-state index in [1.807, 2.05) is 0 Å². The molecule has 0 unspecified atom stereocenters. The van der Waals surface area contributed by atoms with Crippen LogP contribution in [0.3, 0.4) is 0 Å². The number of rotatable bonds is 4. The number of aromatic nitrogens is 1. The predicted octanol–water partition coefficient (Wildman–Crippen LogP) is 2.31. The summed E-state index contributed by atoms with van der Waals surface area (Å²) in [5.41, 5.74) is 8.52. The van der Waals surface area contributed by atoms with Crippen LogP contribution in [0, 0.1) is 10.1 Å². The fraction of sp³-hybridized carbons (Fsp3) is 0.125. The molecule has 0 spiro atoms. The number of nitrogens with zero attached hydrogens (tertiary/aromatic N) is 5. The minimum atomic E-state index is -0.513. The first-order chi connectivity index (χ1) is 7.24. The van der Waals surface area contributed by atoms with E-state index in [1.165, 1.54) is 18.3 Å². The number of azide groups is 1. The zero-order valence-corrected chi connectivity index (χ0v) is 7.65. The fourth-order valence-electron chi connectivity index (χ4n) is 0.861. The molecule has 0 radical (unpaired) electrons. The maximum absolute atomic E-state index is 10.3. The topological polar surface area (TPSA) is 105 Å². The Balaban J connectivity index is 2.68. The molecule has 0 fully saturated rings. The molecule has 0 aromatic carbocycles. The molecular formula is C8H7N5O2. The summed E-state index contributed by atoms with van der Waals surface area (Å²) in [4.78, 5) is 16.2. The van der Waals surface area contributed by atoms with Gasteiger partial charge in [-0.25, -0.2) is 4.98 Å². The first kappa shape index (κ1) is 10.7. The van der Waals surface area contributed by atoms with Gasteiger partial charge in [-0.1, -0.05) is 11.2 Å². The van der Waals surface area contributed by atoms with Gasteiger partial charge in [0, 0.05) is 17.5 Å². The maximum atomic E-state index is 10.3. The number of hydrogen-bond acceptors (Lipinski definition) is 4. The molecule has 7 heteroatoms. The summed E-state index contributed by atoms with van der Waals surface area (Å²) in [6.07, 6.45) is 4.42. The molecule has 0 aliphatic carbocycles. The van der Waals surface area contributed by atoms with Crippen molar-refractivity contribution >= 4 is 11.8 Å². The quantitative estimate of drug-likeness (QED) is 0.247. The van der Waals surface area contributed by atoms with Crippen molar-refractivity contribution < 1.29 is 4.92 Å². The molecule has 1 heterocycles. The second-order valence-electron chi connectivity index (χ2n) is 2.51. The van der Waals surface area contributed by atoms with E-state index in [9.17, 15) is 10.1 Å². The van der Waals surface area contributed by atoms with Crippen molar-refractivity contribution in [1.82, 2.24) is 4.98 Å². The summed E-state index contributed by atoms with van der Waals surface area (Å²) < 4.78 is 0. The van der Waals surface area contributed by atoms with Gasteiger partial charge in [-0.3, -0.25) is 10.1 Å². The van der Waals surface area contributed by atoms with Crippen LogP contribution in [-0.4, -0.2) is 16.5 Å². The Morgan fingerprint density at radius 3 is 3.00 bits per heavy atom. The summed E-state index contributed by atoms with van der Waals surface area (Å²) in [6, 6.07) is 2.88. The van der Waals surface area contributed by atoms with Crippen LogP contribution in [0.1, 0.15) is 5.69 Å². The third-order valence-corrected chi connectivity index (χ3v) is 1.52. The van der Waals surface area contributed by atoms with Crippen LogP contribution in [0.2, 0.25) is 0 Å². The Labute approximate surface area is 84.8 Å². The van der Waals surface area contributed by atoms with Gasteiger partial charge in [-0.2, -0.15) is 0 Å². The zero-order valence-electron chi connectivity index (χ0n) is 7.65. The SMILES string of the molecule is [N-]=[N+]=NCC=Cc1ccc([N+](=O)[O-])cn1. The lowest BCUT2D eigenvalue weighted by molar-refractivity contribution is -0.385. The molecule has 76 valence electrons. The zero-order chi connectivity index (χ0) is 11.1. The smallest absolute Gasteiger partial charge is 0.258 e. The number of hydrogen-bond donors (Lipinski definition) is 0. The Morgan fingerprint density at radius 1 is 1.67 bits per heavy atom. The first-order valence-corrected chi connectivity index (χ1v) is 4.02. The maximum Gasteiger partial charge on any atom is 0.287 e. The molecule has 0 aliphatic heterocycles. The van der Waals surface area contributed by atoms with Gasteiger partial charge in [-0.15, -0.1) is 0 Å². The van der Waals surface area contributed by atoms with E-state index < -0.39 is 4.92 Å². The summed E-state index contributed by atoms with van der Waals surface area (Å²) >= 11 is 0. The first-order valence-electron chi connectivity index (χ1n) is 4.02. The van der Waals surface area contributed by atoms with E-state index in [-0.39, 0.29) is 12.2 Å². The van der Waals surface area contributed by atoms with Gasteiger partial charge >= 0.3 is 0 Å². The lowest BCUT2D eigenvalue weighted by Crippen LogP contribution is -1.89. The molecule has 0 saturated heterocycles. The van der Waals surface area contributed by atoms with Crippen molar-refractivity contribution in [1.29, 1.82) is 0 Å². The van der Waals surface area contributed by atoms with Gasteiger partial charge in [0.25, 0.3) is 5.69 Å². The summed E-state index contributed by atoms with van der Waals surface area (Å²) in [7, 11) is 0. The van der Waals surface area contributed by atoms with Crippen molar-refractivity contribution in [2.75, 3.05) is 6.54 Å². The number of pyridine rings is 1. The lowest BCUT2D eigenvalue weighted by Gasteiger charge is -1.91. The lowest BCUT2D eigenvalue weighted by atomic mass is 10.3. The molecule has 1 aromatic heterocycles. The molecule has 7 nitrogen and oxygen atoms in total. The Kier molecular flexibility index (Phi) is 3.81. The average Bonchev–Trinajstić information content (AvgIpc) is 2.25. The second kappa shape index (κ2) is 5.36. The highest BCUT2D eigenvalue weighted by molar-refractivity contribution is 5.46. The van der Waals surface area contributed by atoms with Crippen LogP contribution in [0.4, 0.5) is 5.69 Å². The van der Waals surface area contributed by atoms with Crippen molar-refractivity contribution in [3.8, 4) is 0 Å². The van der Waals surface area contributed by atoms with Gasteiger partial charge in [-0.05, 0) is 17.7 Å². The third-order valence-electron chi connectivity index (χ3n) is 1.52. The molecular weight excluding hydrogens is 198 g/mol. The van der Waals surface area contributed by atoms with Crippen molar-refractivity contribution in [2.45, 2.75) is 0 Å². The van der Waals surface area contributed by atoms with E-state index in [1.54, 1.807) is 12.2 Å². The van der Waals surface area contributed by atoms with Crippen molar-refractivity contribution in [3.63, 3.8) is 0 Å². The van der Waals surface area contributed by atoms with E-state index in [0.717, 1.165) is 0 Å². The molecule has 1 rings (SSSR count). The van der Waals surface area contributed by atoms with Crippen LogP contribution in [0.25, 0.3) is 16.5 Å². The molecule has 15 heavy (non-hydrogen) atoms.